The lowest BCUT2D eigenvalue weighted by molar-refractivity contribution is -0.139. The highest BCUT2D eigenvalue weighted by Crippen LogP contribution is 2.52. The molecule has 2 N–H and O–H groups in total. The first-order chi connectivity index (χ1) is 15.9. The fourth-order valence-electron chi connectivity index (χ4n) is 3.42. The van der Waals surface area contributed by atoms with Gasteiger partial charge in [-0.05, 0) is 54.9 Å². The summed E-state index contributed by atoms with van der Waals surface area (Å²) in [5.74, 6) is 5.40. The zero-order valence-electron chi connectivity index (χ0n) is 17.5. The van der Waals surface area contributed by atoms with Crippen LogP contribution in [0.3, 0.4) is 0 Å². The molecule has 0 spiro atoms. The number of hydrogen-bond acceptors (Lipinski definition) is 7. The molecule has 0 saturated heterocycles. The van der Waals surface area contributed by atoms with Crippen LogP contribution in [0.5, 0.6) is 0 Å². The average molecular weight is 479 g/mol. The van der Waals surface area contributed by atoms with Crippen molar-refractivity contribution in [1.82, 2.24) is 5.16 Å². The summed E-state index contributed by atoms with van der Waals surface area (Å²) in [5, 5.41) is 15.8. The second-order valence-electron chi connectivity index (χ2n) is 7.78. The number of carbonyl (C=O) groups is 2. The van der Waals surface area contributed by atoms with E-state index in [4.69, 9.17) is 9.26 Å². The molecule has 3 heterocycles. The fourth-order valence-corrected chi connectivity index (χ4v) is 5.91. The number of aromatic nitrogens is 1. The molecule has 1 aliphatic rings. The second kappa shape index (κ2) is 8.39. The smallest absolute Gasteiger partial charge is 0.412 e. The van der Waals surface area contributed by atoms with Crippen LogP contribution in [0.1, 0.15) is 39.5 Å². The highest BCUT2D eigenvalue weighted by atomic mass is 32.1. The Morgan fingerprint density at radius 1 is 1.21 bits per heavy atom. The molecule has 1 aromatic carbocycles. The first-order valence-corrected chi connectivity index (χ1v) is 11.8. The van der Waals surface area contributed by atoms with Crippen LogP contribution in [0.25, 0.3) is 9.40 Å². The van der Waals surface area contributed by atoms with Gasteiger partial charge in [-0.25, -0.2) is 4.79 Å². The molecule has 5 rings (SSSR count). The zero-order chi connectivity index (χ0) is 23.0. The Bertz CT molecular complexity index is 1400. The van der Waals surface area contributed by atoms with Crippen molar-refractivity contribution in [2.24, 2.45) is 0 Å². The number of amides is 1. The van der Waals surface area contributed by atoms with Crippen LogP contribution < -0.4 is 5.32 Å². The molecule has 0 radical (unpaired) electrons. The molecule has 0 bridgehead atoms. The van der Waals surface area contributed by atoms with Gasteiger partial charge in [0.15, 0.2) is 0 Å². The van der Waals surface area contributed by atoms with Gasteiger partial charge in [0, 0.05) is 14.3 Å². The summed E-state index contributed by atoms with van der Waals surface area (Å²) in [6, 6.07) is 11.6. The molecule has 9 heteroatoms. The normalized spacial score (nSPS) is 13.8. The highest BCUT2D eigenvalue weighted by Gasteiger charge is 2.53. The predicted molar refractivity (Wildman–Crippen MR) is 126 cm³/mol. The number of nitrogens with one attached hydrogen (secondary N) is 1. The van der Waals surface area contributed by atoms with Crippen molar-refractivity contribution >= 4 is 49.8 Å². The summed E-state index contributed by atoms with van der Waals surface area (Å²) < 4.78 is 12.5. The third-order valence-electron chi connectivity index (χ3n) is 5.56. The summed E-state index contributed by atoms with van der Waals surface area (Å²) >= 11 is 3.00. The maximum atomic E-state index is 12.2. The molecule has 4 aromatic rings. The number of hydrogen-bond donors (Lipinski definition) is 2. The number of aliphatic carboxylic acids is 1. The number of nitrogens with zero attached hydrogens (tertiary/aromatic N) is 1. The number of benzene rings is 1. The fraction of sp³-hybridized carbons (Fsp3) is 0.208. The SMILES string of the molecule is Cc1ccccc1COC(=O)Nc1cnoc1C#Cc1cc2sc(C3(C(=O)O)CC3)cc2s1. The van der Waals surface area contributed by atoms with Gasteiger partial charge in [0.05, 0.1) is 11.1 Å². The Labute approximate surface area is 197 Å². The quantitative estimate of drug-likeness (QED) is 0.366. The van der Waals surface area contributed by atoms with Gasteiger partial charge in [-0.3, -0.25) is 10.1 Å². The van der Waals surface area contributed by atoms with Crippen LogP contribution >= 0.6 is 22.7 Å². The lowest BCUT2D eigenvalue weighted by Gasteiger charge is -2.07. The van der Waals surface area contributed by atoms with Crippen molar-refractivity contribution in [3.05, 3.63) is 69.2 Å². The molecule has 0 atom stereocenters. The minimum Gasteiger partial charge on any atom is -0.481 e. The van der Waals surface area contributed by atoms with Gasteiger partial charge in [-0.2, -0.15) is 0 Å². The van der Waals surface area contributed by atoms with Crippen LogP contribution in [0, 0.1) is 18.8 Å². The van der Waals surface area contributed by atoms with Crippen molar-refractivity contribution in [3.63, 3.8) is 0 Å². The van der Waals surface area contributed by atoms with Crippen molar-refractivity contribution in [2.45, 2.75) is 31.8 Å². The predicted octanol–water partition coefficient (Wildman–Crippen LogP) is 5.52. The van der Waals surface area contributed by atoms with Crippen LogP contribution in [0.2, 0.25) is 0 Å². The molecule has 166 valence electrons. The minimum atomic E-state index is -0.751. The second-order valence-corrected chi connectivity index (χ2v) is 9.95. The van der Waals surface area contributed by atoms with Crippen LogP contribution in [0.4, 0.5) is 10.5 Å². The molecule has 1 fully saturated rings. The van der Waals surface area contributed by atoms with E-state index >= 15 is 0 Å². The molecule has 1 saturated carbocycles. The third-order valence-corrected chi connectivity index (χ3v) is 7.98. The average Bonchev–Trinajstić information content (AvgIpc) is 3.11. The number of thiophene rings is 2. The molecule has 1 aliphatic carbocycles. The number of carbonyl (C=O) groups excluding carboxylic acids is 1. The number of anilines is 1. The summed E-state index contributed by atoms with van der Waals surface area (Å²) in [5.41, 5.74) is 1.61. The lowest BCUT2D eigenvalue weighted by atomic mass is 10.1. The Kier molecular flexibility index (Phi) is 5.40. The lowest BCUT2D eigenvalue weighted by Crippen LogP contribution is -2.17. The summed E-state index contributed by atoms with van der Waals surface area (Å²) in [4.78, 5) is 25.5. The Hall–Kier alpha value is -3.61. The van der Waals surface area contributed by atoms with Crippen LogP contribution in [-0.2, 0) is 21.6 Å². The molecule has 0 aliphatic heterocycles. The number of ether oxygens (including phenoxy) is 1. The van der Waals surface area contributed by atoms with E-state index in [0.29, 0.717) is 18.5 Å². The molecule has 7 nitrogen and oxygen atoms in total. The van der Waals surface area contributed by atoms with E-state index < -0.39 is 17.5 Å². The standard InChI is InChI=1S/C24H18N2O5S2/c1-14-4-2-3-5-15(14)13-30-23(29)26-17-12-25-31-18(17)7-6-16-10-19-20(32-16)11-21(33-19)24(8-9-24)22(27)28/h2-5,10-12H,8-9,13H2,1H3,(H,26,29)(H,27,28). The van der Waals surface area contributed by atoms with E-state index in [0.717, 1.165) is 30.3 Å². The van der Waals surface area contributed by atoms with Crippen molar-refractivity contribution in [2.75, 3.05) is 5.32 Å². The van der Waals surface area contributed by atoms with Gasteiger partial charge >= 0.3 is 12.1 Å². The molecule has 1 amide bonds. The van der Waals surface area contributed by atoms with Gasteiger partial charge in [0.2, 0.25) is 5.76 Å². The number of carboxylic acids is 1. The van der Waals surface area contributed by atoms with E-state index in [9.17, 15) is 14.7 Å². The van der Waals surface area contributed by atoms with Crippen LogP contribution in [0.15, 0.2) is 47.1 Å². The largest absolute Gasteiger partial charge is 0.481 e. The highest BCUT2D eigenvalue weighted by molar-refractivity contribution is 7.28. The van der Waals surface area contributed by atoms with Crippen molar-refractivity contribution < 1.29 is 24.0 Å². The van der Waals surface area contributed by atoms with Gasteiger partial charge in [0.1, 0.15) is 17.7 Å². The molecular weight excluding hydrogens is 460 g/mol. The number of aryl methyl sites for hydroxylation is 1. The Balaban J connectivity index is 1.26. The monoisotopic (exact) mass is 478 g/mol. The molecular formula is C24H18N2O5S2. The summed E-state index contributed by atoms with van der Waals surface area (Å²) in [6.07, 6.45) is 2.13. The molecule has 3 aromatic heterocycles. The van der Waals surface area contributed by atoms with Gasteiger partial charge in [-0.15, -0.1) is 22.7 Å². The van der Waals surface area contributed by atoms with E-state index in [1.165, 1.54) is 28.9 Å². The maximum absolute atomic E-state index is 12.2. The Morgan fingerprint density at radius 3 is 2.73 bits per heavy atom. The first-order valence-electron chi connectivity index (χ1n) is 10.2. The van der Waals surface area contributed by atoms with E-state index in [1.807, 2.05) is 43.3 Å². The van der Waals surface area contributed by atoms with E-state index in [-0.39, 0.29) is 12.4 Å². The van der Waals surface area contributed by atoms with Crippen molar-refractivity contribution in [3.8, 4) is 11.8 Å². The van der Waals surface area contributed by atoms with Crippen LogP contribution in [-0.4, -0.2) is 22.3 Å². The maximum Gasteiger partial charge on any atom is 0.412 e. The third kappa shape index (κ3) is 4.23. The van der Waals surface area contributed by atoms with Gasteiger partial charge in [-0.1, -0.05) is 29.4 Å². The van der Waals surface area contributed by atoms with Crippen molar-refractivity contribution in [1.29, 1.82) is 0 Å². The zero-order valence-corrected chi connectivity index (χ0v) is 19.1. The number of rotatable bonds is 5. The summed E-state index contributed by atoms with van der Waals surface area (Å²) in [7, 11) is 0. The van der Waals surface area contributed by atoms with E-state index in [1.54, 1.807) is 0 Å². The Morgan fingerprint density at radius 2 is 2.00 bits per heavy atom. The van der Waals surface area contributed by atoms with E-state index in [2.05, 4.69) is 22.3 Å². The van der Waals surface area contributed by atoms with Gasteiger partial charge < -0.3 is 14.4 Å². The first kappa shape index (κ1) is 21.2. The molecule has 0 unspecified atom stereocenters. The summed E-state index contributed by atoms with van der Waals surface area (Å²) in [6.45, 7) is 2.11. The van der Waals surface area contributed by atoms with Gasteiger partial charge in [0.25, 0.3) is 0 Å². The number of fused-ring (bicyclic) bond motifs is 1. The topological polar surface area (TPSA) is 102 Å². The number of carboxylic acid groups (broad SMARTS) is 1. The minimum absolute atomic E-state index is 0.155. The molecule has 33 heavy (non-hydrogen) atoms.